The highest BCUT2D eigenvalue weighted by molar-refractivity contribution is 8.15. The van der Waals surface area contributed by atoms with Crippen molar-refractivity contribution in [3.05, 3.63) is 108 Å². The van der Waals surface area contributed by atoms with Crippen LogP contribution in [0.15, 0.2) is 101 Å². The van der Waals surface area contributed by atoms with Crippen molar-refractivity contribution in [3.8, 4) is 5.88 Å². The number of carbonyl (C=O) groups is 3. The molecule has 1 N–H and O–H groups in total. The average Bonchev–Trinajstić information content (AvgIpc) is 3.84. The van der Waals surface area contributed by atoms with Gasteiger partial charge in [0.1, 0.15) is 23.7 Å². The number of rotatable bonds is 9. The summed E-state index contributed by atoms with van der Waals surface area (Å²) in [4.78, 5) is 51.6. The van der Waals surface area contributed by atoms with Gasteiger partial charge in [0.15, 0.2) is 5.17 Å². The molecule has 2 aromatic heterocycles. The first-order chi connectivity index (χ1) is 22.0. The maximum absolute atomic E-state index is 13.6. The van der Waals surface area contributed by atoms with E-state index in [0.717, 1.165) is 11.1 Å². The Bertz CT molecular complexity index is 1660. The molecule has 3 amide bonds. The first-order valence-corrected chi connectivity index (χ1v) is 15.3. The van der Waals surface area contributed by atoms with Crippen LogP contribution in [0.1, 0.15) is 35.0 Å². The van der Waals surface area contributed by atoms with E-state index in [9.17, 15) is 14.4 Å². The van der Waals surface area contributed by atoms with E-state index in [0.29, 0.717) is 47.6 Å². The molecule has 2 aliphatic heterocycles. The monoisotopic (exact) mass is 625 g/mol. The predicted octanol–water partition coefficient (Wildman–Crippen LogP) is 5.93. The first-order valence-electron chi connectivity index (χ1n) is 14.5. The summed E-state index contributed by atoms with van der Waals surface area (Å²) in [5.41, 5.74) is 2.79. The molecular weight excluding hydrogens is 594 g/mol. The van der Waals surface area contributed by atoms with Gasteiger partial charge in [-0.15, -0.1) is 0 Å². The molecule has 2 aromatic carbocycles. The van der Waals surface area contributed by atoms with Crippen LogP contribution in [0.3, 0.4) is 0 Å². The van der Waals surface area contributed by atoms with Gasteiger partial charge in [0.2, 0.25) is 17.7 Å². The molecule has 45 heavy (non-hydrogen) atoms. The molecule has 0 aliphatic carbocycles. The van der Waals surface area contributed by atoms with Gasteiger partial charge in [-0.3, -0.25) is 19.4 Å². The van der Waals surface area contributed by atoms with Gasteiger partial charge < -0.3 is 19.2 Å². The summed E-state index contributed by atoms with van der Waals surface area (Å²) in [5, 5.41) is 2.89. The smallest absolute Gasteiger partial charge is 0.410 e. The van der Waals surface area contributed by atoms with Crippen LogP contribution in [-0.4, -0.2) is 57.6 Å². The first kappa shape index (κ1) is 29.9. The molecule has 2 aliphatic rings. The molecule has 2 atom stereocenters. The summed E-state index contributed by atoms with van der Waals surface area (Å²) < 4.78 is 16.1. The number of likely N-dealkylation sites (tertiary alicyclic amines) is 1. The van der Waals surface area contributed by atoms with Crippen LogP contribution in [0.5, 0.6) is 5.88 Å². The number of ether oxygens (including phenoxy) is 2. The van der Waals surface area contributed by atoms with E-state index < -0.39 is 17.4 Å². The fraction of sp³-hybridized carbons (Fsp3) is 0.242. The van der Waals surface area contributed by atoms with Crippen molar-refractivity contribution in [2.45, 2.75) is 37.3 Å². The van der Waals surface area contributed by atoms with E-state index in [4.69, 9.17) is 18.9 Å². The maximum atomic E-state index is 13.6. The third-order valence-corrected chi connectivity index (χ3v) is 8.70. The number of nitrogens with one attached hydrogen (secondary N) is 1. The minimum atomic E-state index is -0.624. The predicted molar refractivity (Wildman–Crippen MR) is 169 cm³/mol. The van der Waals surface area contributed by atoms with Gasteiger partial charge in [0, 0.05) is 18.3 Å². The summed E-state index contributed by atoms with van der Waals surface area (Å²) in [5.74, 6) is 0.683. The standard InChI is InChI=1S/C33H31N5O6S/c1-42-28-16-15-25(19-34-28)36-32-38(20-26-9-6-18-43-26)31(40)29(45-32)23-11-13-24(14-12-23)35-30(39)27-10-5-17-37(27)33(41)44-21-22-7-3-2-4-8-22/h2-4,6-9,11-16,18-19,27,29H,5,10,17,20-21H2,1H3,(H,35,39)/t27-,29?/m1/s1. The van der Waals surface area contributed by atoms with Gasteiger partial charge in [-0.1, -0.05) is 54.2 Å². The zero-order valence-corrected chi connectivity index (χ0v) is 25.3. The number of aromatic nitrogens is 1. The Morgan fingerprint density at radius 3 is 2.60 bits per heavy atom. The number of benzene rings is 2. The largest absolute Gasteiger partial charge is 0.481 e. The average molecular weight is 626 g/mol. The number of hydrogen-bond acceptors (Lipinski definition) is 9. The van der Waals surface area contributed by atoms with Gasteiger partial charge >= 0.3 is 6.09 Å². The Hall–Kier alpha value is -5.10. The topological polar surface area (TPSA) is 127 Å². The number of hydrogen-bond donors (Lipinski definition) is 1. The van der Waals surface area contributed by atoms with E-state index >= 15 is 0 Å². The van der Waals surface area contributed by atoms with Crippen molar-refractivity contribution >= 4 is 46.2 Å². The highest BCUT2D eigenvalue weighted by atomic mass is 32.2. The molecule has 230 valence electrons. The second kappa shape index (κ2) is 13.7. The Labute approximate surface area is 264 Å². The third kappa shape index (κ3) is 7.01. The number of nitrogens with zero attached hydrogens (tertiary/aromatic N) is 4. The van der Waals surface area contributed by atoms with Crippen LogP contribution in [0.4, 0.5) is 16.2 Å². The van der Waals surface area contributed by atoms with Gasteiger partial charge in [0.25, 0.3) is 0 Å². The van der Waals surface area contributed by atoms with Crippen molar-refractivity contribution < 1.29 is 28.3 Å². The minimum Gasteiger partial charge on any atom is -0.481 e. The summed E-state index contributed by atoms with van der Waals surface area (Å²) in [7, 11) is 1.54. The summed E-state index contributed by atoms with van der Waals surface area (Å²) >= 11 is 1.33. The van der Waals surface area contributed by atoms with E-state index in [2.05, 4.69) is 10.3 Å². The minimum absolute atomic E-state index is 0.135. The zero-order valence-electron chi connectivity index (χ0n) is 24.5. The number of aliphatic imine (C=N–C) groups is 1. The van der Waals surface area contributed by atoms with Gasteiger partial charge in [-0.2, -0.15) is 0 Å². The van der Waals surface area contributed by atoms with E-state index in [1.165, 1.54) is 16.7 Å². The SMILES string of the molecule is COc1ccc(N=C2SC(c3ccc(NC(=O)[C@H]4CCCN4C(=O)OCc4ccccc4)cc3)C(=O)N2Cc2ccco2)cn1. The molecular formula is C33H31N5O6S. The summed E-state index contributed by atoms with van der Waals surface area (Å²) in [6.07, 6.45) is 3.90. The van der Waals surface area contributed by atoms with Crippen molar-refractivity contribution in [1.82, 2.24) is 14.8 Å². The van der Waals surface area contributed by atoms with Crippen molar-refractivity contribution in [2.24, 2.45) is 4.99 Å². The highest BCUT2D eigenvalue weighted by Crippen LogP contribution is 2.41. The lowest BCUT2D eigenvalue weighted by Crippen LogP contribution is -2.43. The van der Waals surface area contributed by atoms with Crippen LogP contribution in [0.2, 0.25) is 0 Å². The number of thioether (sulfide) groups is 1. The zero-order chi connectivity index (χ0) is 31.2. The molecule has 0 radical (unpaired) electrons. The van der Waals surface area contributed by atoms with Crippen LogP contribution >= 0.6 is 11.8 Å². The van der Waals surface area contributed by atoms with Gasteiger partial charge in [-0.05, 0) is 54.3 Å². The lowest BCUT2D eigenvalue weighted by molar-refractivity contribution is -0.126. The molecule has 6 rings (SSSR count). The van der Waals surface area contributed by atoms with Gasteiger partial charge in [-0.25, -0.2) is 14.8 Å². The quantitative estimate of drug-likeness (QED) is 0.243. The lowest BCUT2D eigenvalue weighted by atomic mass is 10.1. The maximum Gasteiger partial charge on any atom is 0.410 e. The van der Waals surface area contributed by atoms with Crippen LogP contribution in [0, 0.1) is 0 Å². The molecule has 0 spiro atoms. The van der Waals surface area contributed by atoms with Crippen LogP contribution < -0.4 is 10.1 Å². The second-order valence-corrected chi connectivity index (χ2v) is 11.5. The molecule has 2 saturated heterocycles. The van der Waals surface area contributed by atoms with Crippen molar-refractivity contribution in [1.29, 1.82) is 0 Å². The Morgan fingerprint density at radius 1 is 1.07 bits per heavy atom. The normalized spacial score (nSPS) is 18.8. The Balaban J connectivity index is 1.12. The van der Waals surface area contributed by atoms with E-state index in [-0.39, 0.29) is 25.0 Å². The fourth-order valence-corrected chi connectivity index (χ4v) is 6.33. The molecule has 4 aromatic rings. The summed E-state index contributed by atoms with van der Waals surface area (Å²) in [6.45, 7) is 0.834. The van der Waals surface area contributed by atoms with E-state index in [1.54, 1.807) is 54.8 Å². The highest BCUT2D eigenvalue weighted by Gasteiger charge is 2.40. The van der Waals surface area contributed by atoms with Crippen LogP contribution in [-0.2, 0) is 27.5 Å². The molecule has 0 saturated carbocycles. The number of amides is 3. The number of anilines is 1. The Morgan fingerprint density at radius 2 is 1.89 bits per heavy atom. The van der Waals surface area contributed by atoms with Gasteiger partial charge in [0.05, 0.1) is 31.8 Å². The molecule has 2 fully saturated rings. The molecule has 1 unspecified atom stereocenters. The third-order valence-electron chi connectivity index (χ3n) is 7.47. The summed E-state index contributed by atoms with van der Waals surface area (Å²) in [6, 6.07) is 23.0. The molecule has 0 bridgehead atoms. The number of carbonyl (C=O) groups excluding carboxylic acids is 3. The lowest BCUT2D eigenvalue weighted by Gasteiger charge is -2.23. The molecule has 12 heteroatoms. The number of amidine groups is 1. The second-order valence-electron chi connectivity index (χ2n) is 10.5. The van der Waals surface area contributed by atoms with Crippen molar-refractivity contribution in [2.75, 3.05) is 19.0 Å². The fourth-order valence-electron chi connectivity index (χ4n) is 5.15. The number of pyridine rings is 1. The number of furan rings is 1. The Kier molecular flexibility index (Phi) is 9.11. The molecule has 11 nitrogen and oxygen atoms in total. The van der Waals surface area contributed by atoms with E-state index in [1.807, 2.05) is 48.5 Å². The van der Waals surface area contributed by atoms with Crippen LogP contribution in [0.25, 0.3) is 0 Å². The molecule has 4 heterocycles. The number of methoxy groups -OCH3 is 1. The van der Waals surface area contributed by atoms with Crippen molar-refractivity contribution in [3.63, 3.8) is 0 Å².